The van der Waals surface area contributed by atoms with Crippen LogP contribution in [0.1, 0.15) is 61.6 Å². The standard InChI is InChI=1S/C27H39N3O2S/c1-21-9-16-33-24(21)19-28-13-10-27(11-14-28)12-15-29(20-27)17-22-5-7-23(8-6-22)18-30(25(31)32)26(2,3)4/h5-9,16H,10-15,17-20H2,1-4H3,(H,31,32). The second-order valence-corrected chi connectivity index (χ2v) is 12.1. The lowest BCUT2D eigenvalue weighted by molar-refractivity contribution is 0.0955. The zero-order valence-electron chi connectivity index (χ0n) is 20.6. The van der Waals surface area contributed by atoms with E-state index < -0.39 is 11.6 Å². The van der Waals surface area contributed by atoms with Gasteiger partial charge in [0.1, 0.15) is 0 Å². The molecule has 180 valence electrons. The number of piperidine rings is 1. The lowest BCUT2D eigenvalue weighted by Gasteiger charge is -2.39. The predicted octanol–water partition coefficient (Wildman–Crippen LogP) is 5.82. The van der Waals surface area contributed by atoms with Crippen LogP contribution in [0.5, 0.6) is 0 Å². The summed E-state index contributed by atoms with van der Waals surface area (Å²) in [6, 6.07) is 10.8. The van der Waals surface area contributed by atoms with Crippen molar-refractivity contribution in [3.63, 3.8) is 0 Å². The van der Waals surface area contributed by atoms with Crippen LogP contribution in [-0.4, -0.2) is 57.6 Å². The molecule has 1 spiro atoms. The highest BCUT2D eigenvalue weighted by molar-refractivity contribution is 7.10. The van der Waals surface area contributed by atoms with E-state index in [9.17, 15) is 9.90 Å². The largest absolute Gasteiger partial charge is 0.465 e. The number of hydrogen-bond acceptors (Lipinski definition) is 4. The van der Waals surface area contributed by atoms with Crippen molar-refractivity contribution in [2.75, 3.05) is 26.2 Å². The van der Waals surface area contributed by atoms with Crippen LogP contribution in [-0.2, 0) is 19.6 Å². The van der Waals surface area contributed by atoms with Crippen LogP contribution in [0.25, 0.3) is 0 Å². The van der Waals surface area contributed by atoms with Crippen molar-refractivity contribution in [1.82, 2.24) is 14.7 Å². The van der Waals surface area contributed by atoms with E-state index >= 15 is 0 Å². The fourth-order valence-electron chi connectivity index (χ4n) is 5.31. The summed E-state index contributed by atoms with van der Waals surface area (Å²) in [6.45, 7) is 15.4. The van der Waals surface area contributed by atoms with Crippen LogP contribution in [0.3, 0.4) is 0 Å². The molecule has 1 aromatic carbocycles. The molecule has 2 saturated heterocycles. The number of amides is 1. The normalized spacial score (nSPS) is 19.3. The van der Waals surface area contributed by atoms with Gasteiger partial charge in [0.25, 0.3) is 0 Å². The van der Waals surface area contributed by atoms with Gasteiger partial charge in [-0.05, 0) is 100 Å². The van der Waals surface area contributed by atoms with Gasteiger partial charge < -0.3 is 5.11 Å². The summed E-state index contributed by atoms with van der Waals surface area (Å²) >= 11 is 1.89. The van der Waals surface area contributed by atoms with Crippen LogP contribution in [0.4, 0.5) is 4.79 Å². The topological polar surface area (TPSA) is 47.0 Å². The summed E-state index contributed by atoms with van der Waals surface area (Å²) in [5, 5.41) is 11.8. The summed E-state index contributed by atoms with van der Waals surface area (Å²) in [4.78, 5) is 19.9. The van der Waals surface area contributed by atoms with E-state index in [0.29, 0.717) is 12.0 Å². The number of rotatable bonds is 6. The Kier molecular flexibility index (Phi) is 7.18. The van der Waals surface area contributed by atoms with Gasteiger partial charge in [-0.1, -0.05) is 24.3 Å². The molecular weight excluding hydrogens is 430 g/mol. The van der Waals surface area contributed by atoms with Crippen molar-refractivity contribution in [2.45, 2.75) is 72.1 Å². The minimum absolute atomic E-state index is 0.410. The van der Waals surface area contributed by atoms with E-state index in [-0.39, 0.29) is 0 Å². The van der Waals surface area contributed by atoms with E-state index in [1.165, 1.54) is 66.3 Å². The van der Waals surface area contributed by atoms with Gasteiger partial charge >= 0.3 is 6.09 Å². The van der Waals surface area contributed by atoms with Gasteiger partial charge in [0.15, 0.2) is 0 Å². The van der Waals surface area contributed by atoms with Gasteiger partial charge in [-0.15, -0.1) is 11.3 Å². The first-order valence-electron chi connectivity index (χ1n) is 12.2. The first-order chi connectivity index (χ1) is 15.6. The lowest BCUT2D eigenvalue weighted by Crippen LogP contribution is -2.44. The molecule has 0 unspecified atom stereocenters. The maximum atomic E-state index is 11.6. The molecule has 1 amide bonds. The van der Waals surface area contributed by atoms with Crippen molar-refractivity contribution in [1.29, 1.82) is 0 Å². The molecule has 2 fully saturated rings. The minimum atomic E-state index is -0.870. The molecule has 1 aromatic heterocycles. The highest BCUT2D eigenvalue weighted by Crippen LogP contribution is 2.41. The molecule has 3 heterocycles. The first-order valence-corrected chi connectivity index (χ1v) is 13.1. The Morgan fingerprint density at radius 2 is 1.61 bits per heavy atom. The fraction of sp³-hybridized carbons (Fsp3) is 0.593. The third-order valence-corrected chi connectivity index (χ3v) is 8.59. The zero-order valence-corrected chi connectivity index (χ0v) is 21.5. The van der Waals surface area contributed by atoms with E-state index in [1.807, 2.05) is 32.1 Å². The maximum Gasteiger partial charge on any atom is 0.408 e. The Morgan fingerprint density at radius 1 is 1.00 bits per heavy atom. The Labute approximate surface area is 203 Å². The first kappa shape index (κ1) is 24.2. The highest BCUT2D eigenvalue weighted by atomic mass is 32.1. The molecule has 4 rings (SSSR count). The number of aryl methyl sites for hydroxylation is 1. The minimum Gasteiger partial charge on any atom is -0.465 e. The van der Waals surface area contributed by atoms with Crippen molar-refractivity contribution in [2.24, 2.45) is 5.41 Å². The zero-order chi connectivity index (χ0) is 23.6. The molecule has 0 aliphatic carbocycles. The quantitative estimate of drug-likeness (QED) is 0.579. The average molecular weight is 470 g/mol. The fourth-order valence-corrected chi connectivity index (χ4v) is 6.26. The van der Waals surface area contributed by atoms with Crippen LogP contribution in [0.2, 0.25) is 0 Å². The molecule has 0 bridgehead atoms. The number of carboxylic acid groups (broad SMARTS) is 1. The second-order valence-electron chi connectivity index (χ2n) is 11.1. The summed E-state index contributed by atoms with van der Waals surface area (Å²) in [5.41, 5.74) is 3.89. The summed E-state index contributed by atoms with van der Waals surface area (Å²) in [5.74, 6) is 0. The Hall–Kier alpha value is -1.89. The number of nitrogens with zero attached hydrogens (tertiary/aromatic N) is 3. The molecule has 1 N–H and O–H groups in total. The van der Waals surface area contributed by atoms with Crippen molar-refractivity contribution < 1.29 is 9.90 Å². The number of thiophene rings is 1. The molecule has 33 heavy (non-hydrogen) atoms. The van der Waals surface area contributed by atoms with E-state index in [1.54, 1.807) is 0 Å². The van der Waals surface area contributed by atoms with Gasteiger partial charge in [0.05, 0.1) is 0 Å². The predicted molar refractivity (Wildman–Crippen MR) is 136 cm³/mol. The Bertz CT molecular complexity index is 939. The summed E-state index contributed by atoms with van der Waals surface area (Å²) in [7, 11) is 0. The van der Waals surface area contributed by atoms with Gasteiger partial charge in [0, 0.05) is 36.6 Å². The molecule has 2 aromatic rings. The van der Waals surface area contributed by atoms with Crippen molar-refractivity contribution >= 4 is 17.4 Å². The third-order valence-electron chi connectivity index (χ3n) is 7.58. The van der Waals surface area contributed by atoms with Crippen LogP contribution in [0.15, 0.2) is 35.7 Å². The molecule has 2 aliphatic heterocycles. The van der Waals surface area contributed by atoms with E-state index in [2.05, 4.69) is 52.4 Å². The van der Waals surface area contributed by atoms with Crippen molar-refractivity contribution in [3.8, 4) is 0 Å². The lowest BCUT2D eigenvalue weighted by atomic mass is 9.78. The van der Waals surface area contributed by atoms with Crippen LogP contribution < -0.4 is 0 Å². The van der Waals surface area contributed by atoms with Gasteiger partial charge in [-0.25, -0.2) is 4.79 Å². The second kappa shape index (κ2) is 9.77. The smallest absolute Gasteiger partial charge is 0.408 e. The Morgan fingerprint density at radius 3 is 2.15 bits per heavy atom. The monoisotopic (exact) mass is 469 g/mol. The number of likely N-dealkylation sites (tertiary alicyclic amines) is 2. The third kappa shape index (κ3) is 5.97. The van der Waals surface area contributed by atoms with E-state index in [4.69, 9.17) is 0 Å². The summed E-state index contributed by atoms with van der Waals surface area (Å²) < 4.78 is 0. The molecule has 5 nitrogen and oxygen atoms in total. The van der Waals surface area contributed by atoms with Gasteiger partial charge in [-0.2, -0.15) is 0 Å². The molecule has 2 aliphatic rings. The number of benzene rings is 1. The molecule has 6 heteroatoms. The van der Waals surface area contributed by atoms with Crippen LogP contribution in [0, 0.1) is 12.3 Å². The molecular formula is C27H39N3O2S. The number of hydrogen-bond donors (Lipinski definition) is 1. The molecule has 0 atom stereocenters. The average Bonchev–Trinajstić information content (AvgIpc) is 3.34. The maximum absolute atomic E-state index is 11.6. The van der Waals surface area contributed by atoms with Crippen molar-refractivity contribution in [3.05, 3.63) is 57.3 Å². The van der Waals surface area contributed by atoms with E-state index in [0.717, 1.165) is 18.7 Å². The van der Waals surface area contributed by atoms with Gasteiger partial charge in [0.2, 0.25) is 0 Å². The SMILES string of the molecule is Cc1ccsc1CN1CCC2(CC1)CCN(Cc1ccc(CN(C(=O)O)C(C)(C)C)cc1)C2. The number of carbonyl (C=O) groups is 1. The summed E-state index contributed by atoms with van der Waals surface area (Å²) in [6.07, 6.45) is 3.07. The molecule has 0 radical (unpaired) electrons. The highest BCUT2D eigenvalue weighted by Gasteiger charge is 2.40. The van der Waals surface area contributed by atoms with Gasteiger partial charge in [-0.3, -0.25) is 14.7 Å². The Balaban J connectivity index is 1.27. The van der Waals surface area contributed by atoms with Crippen LogP contribution >= 0.6 is 11.3 Å². The molecule has 0 saturated carbocycles.